The molecule has 3 aromatic carbocycles. The smallest absolute Gasteiger partial charge is 0.260 e. The third-order valence-corrected chi connectivity index (χ3v) is 4.54. The van der Waals surface area contributed by atoms with Crippen LogP contribution in [-0.4, -0.2) is 23.4 Å². The van der Waals surface area contributed by atoms with Gasteiger partial charge in [-0.25, -0.2) is 4.98 Å². The van der Waals surface area contributed by atoms with Gasteiger partial charge in [0.2, 0.25) is 0 Å². The monoisotopic (exact) mass is 397 g/mol. The molecule has 0 atom stereocenters. The number of benzene rings is 3. The van der Waals surface area contributed by atoms with Crippen LogP contribution >= 0.6 is 0 Å². The number of nitrogens with one attached hydrogen (secondary N) is 1. The number of hydrogen-bond donors (Lipinski definition) is 2. The minimum Gasteiger partial charge on any atom is -0.483 e. The van der Waals surface area contributed by atoms with Crippen LogP contribution in [0.4, 0.5) is 5.82 Å². The van der Waals surface area contributed by atoms with E-state index in [1.54, 1.807) is 30.3 Å². The quantitative estimate of drug-likeness (QED) is 0.514. The lowest BCUT2D eigenvalue weighted by Gasteiger charge is -2.11. The first-order valence-corrected chi connectivity index (χ1v) is 9.38. The standard InChI is InChI=1S/C24H19N3O3/c25-22(28)15-30-21-10-4-3-8-19(21)24(29)27-23-11-5-9-20(26-23)18-13-12-16-6-1-2-7-17(16)14-18/h1-14H,15H2,(H2,25,28)(H,26,27,29). The van der Waals surface area contributed by atoms with Gasteiger partial charge in [-0.1, -0.05) is 54.6 Å². The fraction of sp³-hybridized carbons (Fsp3) is 0.0417. The Hall–Kier alpha value is -4.19. The number of carbonyl (C=O) groups is 2. The van der Waals surface area contributed by atoms with E-state index in [-0.39, 0.29) is 17.9 Å². The Kier molecular flexibility index (Phi) is 5.39. The third-order valence-electron chi connectivity index (χ3n) is 4.54. The van der Waals surface area contributed by atoms with E-state index in [4.69, 9.17) is 10.5 Å². The van der Waals surface area contributed by atoms with E-state index in [1.807, 2.05) is 42.5 Å². The SMILES string of the molecule is NC(=O)COc1ccccc1C(=O)Nc1cccc(-c2ccc3ccccc3c2)n1. The van der Waals surface area contributed by atoms with Crippen LogP contribution in [0.1, 0.15) is 10.4 Å². The van der Waals surface area contributed by atoms with Crippen LogP contribution in [-0.2, 0) is 4.79 Å². The van der Waals surface area contributed by atoms with Gasteiger partial charge in [0.1, 0.15) is 11.6 Å². The van der Waals surface area contributed by atoms with E-state index in [2.05, 4.69) is 22.4 Å². The summed E-state index contributed by atoms with van der Waals surface area (Å²) in [6.45, 7) is -0.306. The number of pyridine rings is 1. The van der Waals surface area contributed by atoms with Gasteiger partial charge in [0.05, 0.1) is 11.3 Å². The summed E-state index contributed by atoms with van der Waals surface area (Å²) in [5.41, 5.74) is 7.11. The van der Waals surface area contributed by atoms with Crippen molar-refractivity contribution in [3.05, 3.63) is 90.5 Å². The molecule has 0 aliphatic carbocycles. The Morgan fingerprint density at radius 3 is 2.47 bits per heavy atom. The molecule has 30 heavy (non-hydrogen) atoms. The Balaban J connectivity index is 1.57. The molecule has 2 amide bonds. The summed E-state index contributed by atoms with van der Waals surface area (Å²) in [5.74, 6) is -0.317. The van der Waals surface area contributed by atoms with Crippen molar-refractivity contribution < 1.29 is 14.3 Å². The lowest BCUT2D eigenvalue weighted by atomic mass is 10.0. The molecule has 1 heterocycles. The normalized spacial score (nSPS) is 10.5. The van der Waals surface area contributed by atoms with Crippen LogP contribution in [0.15, 0.2) is 84.9 Å². The Labute approximate surface area is 173 Å². The van der Waals surface area contributed by atoms with Gasteiger partial charge in [0.15, 0.2) is 6.61 Å². The van der Waals surface area contributed by atoms with Crippen molar-refractivity contribution >= 4 is 28.4 Å². The van der Waals surface area contributed by atoms with Crippen molar-refractivity contribution in [2.24, 2.45) is 5.73 Å². The summed E-state index contributed by atoms with van der Waals surface area (Å²) in [5, 5.41) is 5.06. The van der Waals surface area contributed by atoms with Crippen LogP contribution in [0, 0.1) is 0 Å². The predicted octanol–water partition coefficient (Wildman–Crippen LogP) is 4.02. The van der Waals surface area contributed by atoms with Gasteiger partial charge >= 0.3 is 0 Å². The van der Waals surface area contributed by atoms with Gasteiger partial charge in [-0.3, -0.25) is 9.59 Å². The highest BCUT2D eigenvalue weighted by atomic mass is 16.5. The van der Waals surface area contributed by atoms with Crippen LogP contribution in [0.3, 0.4) is 0 Å². The molecule has 0 fully saturated rings. The van der Waals surface area contributed by atoms with Crippen molar-refractivity contribution in [2.75, 3.05) is 11.9 Å². The van der Waals surface area contributed by atoms with Gasteiger partial charge in [0.25, 0.3) is 11.8 Å². The maximum Gasteiger partial charge on any atom is 0.260 e. The van der Waals surface area contributed by atoms with Crippen LogP contribution in [0.2, 0.25) is 0 Å². The summed E-state index contributed by atoms with van der Waals surface area (Å²) in [6, 6.07) is 26.3. The first-order valence-electron chi connectivity index (χ1n) is 9.38. The summed E-state index contributed by atoms with van der Waals surface area (Å²) in [4.78, 5) is 28.3. The molecule has 3 N–H and O–H groups in total. The zero-order valence-corrected chi connectivity index (χ0v) is 16.0. The van der Waals surface area contributed by atoms with E-state index in [9.17, 15) is 9.59 Å². The molecular formula is C24H19N3O3. The summed E-state index contributed by atoms with van der Waals surface area (Å²) in [7, 11) is 0. The van der Waals surface area contributed by atoms with Gasteiger partial charge in [-0.2, -0.15) is 0 Å². The number of anilines is 1. The van der Waals surface area contributed by atoms with Crippen molar-refractivity contribution in [2.45, 2.75) is 0 Å². The van der Waals surface area contributed by atoms with E-state index < -0.39 is 11.8 Å². The second-order valence-corrected chi connectivity index (χ2v) is 6.68. The van der Waals surface area contributed by atoms with Crippen molar-refractivity contribution in [1.29, 1.82) is 0 Å². The molecule has 0 radical (unpaired) electrons. The minimum absolute atomic E-state index is 0.277. The fourth-order valence-corrected chi connectivity index (χ4v) is 3.13. The van der Waals surface area contributed by atoms with Gasteiger partial charge in [-0.05, 0) is 41.1 Å². The Morgan fingerprint density at radius 2 is 1.63 bits per heavy atom. The molecule has 6 heteroatoms. The number of para-hydroxylation sites is 1. The van der Waals surface area contributed by atoms with E-state index in [0.29, 0.717) is 5.82 Å². The second-order valence-electron chi connectivity index (χ2n) is 6.68. The molecule has 4 aromatic rings. The zero-order chi connectivity index (χ0) is 20.9. The lowest BCUT2D eigenvalue weighted by molar-refractivity contribution is -0.119. The van der Waals surface area contributed by atoms with Gasteiger partial charge < -0.3 is 15.8 Å². The summed E-state index contributed by atoms with van der Waals surface area (Å²) in [6.07, 6.45) is 0. The van der Waals surface area contributed by atoms with E-state index in [1.165, 1.54) is 0 Å². The van der Waals surface area contributed by atoms with Crippen LogP contribution in [0.5, 0.6) is 5.75 Å². The molecule has 4 rings (SSSR count). The average Bonchev–Trinajstić information content (AvgIpc) is 2.77. The Morgan fingerprint density at radius 1 is 0.867 bits per heavy atom. The highest BCUT2D eigenvalue weighted by Crippen LogP contribution is 2.25. The maximum atomic E-state index is 12.8. The zero-order valence-electron chi connectivity index (χ0n) is 16.0. The van der Waals surface area contributed by atoms with E-state index in [0.717, 1.165) is 22.0 Å². The predicted molar refractivity (Wildman–Crippen MR) is 116 cm³/mol. The molecule has 0 bridgehead atoms. The molecule has 6 nitrogen and oxygen atoms in total. The number of nitrogens with two attached hydrogens (primary N) is 1. The van der Waals surface area contributed by atoms with Crippen molar-refractivity contribution in [3.63, 3.8) is 0 Å². The molecule has 0 unspecified atom stereocenters. The molecule has 148 valence electrons. The van der Waals surface area contributed by atoms with Crippen LogP contribution in [0.25, 0.3) is 22.0 Å². The lowest BCUT2D eigenvalue weighted by Crippen LogP contribution is -2.21. The van der Waals surface area contributed by atoms with Gasteiger partial charge in [0, 0.05) is 5.56 Å². The minimum atomic E-state index is -0.616. The first kappa shape index (κ1) is 19.1. The molecule has 0 saturated carbocycles. The fourth-order valence-electron chi connectivity index (χ4n) is 3.13. The number of primary amides is 1. The summed E-state index contributed by atoms with van der Waals surface area (Å²) < 4.78 is 5.34. The number of aromatic nitrogens is 1. The third kappa shape index (κ3) is 4.28. The van der Waals surface area contributed by atoms with Crippen LogP contribution < -0.4 is 15.8 Å². The molecular weight excluding hydrogens is 378 g/mol. The first-order chi connectivity index (χ1) is 14.6. The largest absolute Gasteiger partial charge is 0.483 e. The molecule has 1 aromatic heterocycles. The number of ether oxygens (including phenoxy) is 1. The second kappa shape index (κ2) is 8.45. The molecule has 0 spiro atoms. The molecule has 0 aliphatic heterocycles. The number of carbonyl (C=O) groups excluding carboxylic acids is 2. The Bertz CT molecular complexity index is 1240. The molecule has 0 saturated heterocycles. The maximum absolute atomic E-state index is 12.8. The average molecular weight is 397 g/mol. The topological polar surface area (TPSA) is 94.3 Å². The number of hydrogen-bond acceptors (Lipinski definition) is 4. The highest BCUT2D eigenvalue weighted by Gasteiger charge is 2.14. The molecule has 0 aliphatic rings. The number of nitrogens with zero attached hydrogens (tertiary/aromatic N) is 1. The van der Waals surface area contributed by atoms with Crippen molar-refractivity contribution in [3.8, 4) is 17.0 Å². The highest BCUT2D eigenvalue weighted by molar-refractivity contribution is 6.05. The summed E-state index contributed by atoms with van der Waals surface area (Å²) >= 11 is 0. The van der Waals surface area contributed by atoms with Crippen molar-refractivity contribution in [1.82, 2.24) is 4.98 Å². The van der Waals surface area contributed by atoms with E-state index >= 15 is 0 Å². The van der Waals surface area contributed by atoms with Gasteiger partial charge in [-0.15, -0.1) is 0 Å². The number of rotatable bonds is 6. The number of fused-ring (bicyclic) bond motifs is 1. The number of amides is 2.